The van der Waals surface area contributed by atoms with E-state index in [0.29, 0.717) is 63.1 Å². The molecule has 28 heteroatoms. The summed E-state index contributed by atoms with van der Waals surface area (Å²) in [5.74, 6) is 8.41. The smallest absolute Gasteiger partial charge is 0.188 e. The lowest BCUT2D eigenvalue weighted by atomic mass is 10.2. The van der Waals surface area contributed by atoms with E-state index < -0.39 is 0 Å². The molecule has 10 rings (SSSR count). The van der Waals surface area contributed by atoms with Crippen LogP contribution >= 0.6 is 42.9 Å². The second-order valence-electron chi connectivity index (χ2n) is 26.5. The van der Waals surface area contributed by atoms with Crippen molar-refractivity contribution in [2.75, 3.05) is 214 Å². The highest BCUT2D eigenvalue weighted by Gasteiger charge is 2.22. The standard InChI is InChI=1S/C18H23FNO4P.C18H24NO4P.2C18H24NO3P.C17H22NO3P/c1-20(2)14-8-12(19)6-7-16(14)25-17-10-13(22-4)9-15(23-5)18(17)24-11-21-3;1-19(2)14-8-6-7-9-16(14)24-17-11-13(21-4)10-15(22-5)18(17)23-12-20-3;1-13-6-9-17(15(10-13)19(2)3)23-18-11-14(21-5)7-8-16(18)22-12-20-4;1-13-8-6-9-14(19(2)3)18(13)23-16-11-7-10-15(21-5)17(16)22-12-20-4;1-18(2)14-7-5-6-8-16(14)22-17-11-13(20-4)9-10-15(17)21-12-19-3/h6-10,25H,11H2,1-5H3;6-11,24H,12H2,1-5H3;2*6-11,23H,12H2,1-5H3;5-11,22H,12H2,1-4H3. The molecule has 0 radical (unpaired) electrons. The molecule has 0 bridgehead atoms. The van der Waals surface area contributed by atoms with Gasteiger partial charge in [-0.05, 0) is 122 Å². The van der Waals surface area contributed by atoms with Gasteiger partial charge in [-0.15, -0.1) is 0 Å². The Kier molecular flexibility index (Phi) is 42.2. The number of nitrogens with zero attached hydrogens (tertiary/aromatic N) is 5. The van der Waals surface area contributed by atoms with Crippen molar-refractivity contribution in [2.24, 2.45) is 0 Å². The molecule has 22 nitrogen and oxygen atoms in total. The van der Waals surface area contributed by atoms with Gasteiger partial charge in [0.25, 0.3) is 0 Å². The van der Waals surface area contributed by atoms with Crippen LogP contribution in [0.2, 0.25) is 0 Å². The summed E-state index contributed by atoms with van der Waals surface area (Å²) in [5, 5.41) is 11.3. The third-order valence-electron chi connectivity index (χ3n) is 17.1. The zero-order valence-electron chi connectivity index (χ0n) is 71.9. The molecule has 0 saturated heterocycles. The van der Waals surface area contributed by atoms with E-state index in [1.807, 2.05) is 112 Å². The minimum atomic E-state index is -0.267. The van der Waals surface area contributed by atoms with E-state index in [9.17, 15) is 4.39 Å². The van der Waals surface area contributed by atoms with Crippen molar-refractivity contribution < 1.29 is 84.9 Å². The first-order valence-corrected chi connectivity index (χ1v) is 41.9. The molecule has 0 fully saturated rings. The molecule has 0 spiro atoms. The van der Waals surface area contributed by atoms with Gasteiger partial charge in [0.05, 0.1) is 49.8 Å². The van der Waals surface area contributed by atoms with Gasteiger partial charge < -0.3 is 105 Å². The summed E-state index contributed by atoms with van der Waals surface area (Å²) in [6, 6.07) is 59.5. The number of halogens is 1. The topological polar surface area (TPSA) is 173 Å². The van der Waals surface area contributed by atoms with Crippen LogP contribution in [0.5, 0.6) is 69.0 Å². The molecule has 0 aliphatic rings. The van der Waals surface area contributed by atoms with Gasteiger partial charge in [-0.1, -0.05) is 116 Å². The number of aryl methyl sites for hydroxylation is 2. The van der Waals surface area contributed by atoms with Gasteiger partial charge in [0.1, 0.15) is 40.3 Å². The Morgan fingerprint density at radius 2 is 0.607 bits per heavy atom. The summed E-state index contributed by atoms with van der Waals surface area (Å²) >= 11 is 0. The Morgan fingerprint density at radius 1 is 0.256 bits per heavy atom. The summed E-state index contributed by atoms with van der Waals surface area (Å²) in [5.41, 5.74) is 8.18. The van der Waals surface area contributed by atoms with Crippen LogP contribution in [0.3, 0.4) is 0 Å². The van der Waals surface area contributed by atoms with Crippen molar-refractivity contribution in [3.63, 3.8) is 0 Å². The van der Waals surface area contributed by atoms with Gasteiger partial charge in [0.15, 0.2) is 68.5 Å². The maximum Gasteiger partial charge on any atom is 0.188 e. The van der Waals surface area contributed by atoms with Crippen molar-refractivity contribution in [1.82, 2.24) is 0 Å². The predicted octanol–water partition coefficient (Wildman–Crippen LogP) is 12.6. The average Bonchev–Trinajstić information content (AvgIpc) is 0.814. The number of benzene rings is 10. The molecule has 0 N–H and O–H groups in total. The molecule has 5 atom stereocenters. The monoisotopic (exact) mass is 1700 g/mol. The number of ether oxygens (including phenoxy) is 17. The van der Waals surface area contributed by atoms with Crippen LogP contribution < -0.4 is 134 Å². The van der Waals surface area contributed by atoms with E-state index >= 15 is 0 Å². The number of methoxy groups -OCH3 is 12. The molecule has 0 aliphatic heterocycles. The SMILES string of the molecule is COCOc1c(OC)cc(OC)cc1Pc1ccc(F)cc1N(C)C.COCOc1c(OC)cc(OC)cc1Pc1ccccc1N(C)C.COCOc1c(OC)cccc1Pc1c(C)cccc1N(C)C.COCOc1ccc(OC)cc1Pc1ccc(C)cc1N(C)C.COCOc1ccc(OC)cc1Pc1ccccc1N(C)C. The molecule has 0 saturated carbocycles. The van der Waals surface area contributed by atoms with Crippen LogP contribution in [0.4, 0.5) is 32.8 Å². The van der Waals surface area contributed by atoms with E-state index in [0.717, 1.165) is 77.8 Å². The molecular formula is C89H117FN5O17P5. The Balaban J connectivity index is 0.000000227. The van der Waals surface area contributed by atoms with Crippen LogP contribution in [0, 0.1) is 19.7 Å². The van der Waals surface area contributed by atoms with Crippen molar-refractivity contribution in [3.8, 4) is 69.0 Å². The van der Waals surface area contributed by atoms with Crippen molar-refractivity contribution in [1.29, 1.82) is 0 Å². The summed E-state index contributed by atoms with van der Waals surface area (Å²) in [4.78, 5) is 10.4. The summed E-state index contributed by atoms with van der Waals surface area (Å²) in [6.45, 7) is 5.19. The maximum absolute atomic E-state index is 13.6. The number of para-hydroxylation sites is 3. The lowest BCUT2D eigenvalue weighted by Crippen LogP contribution is -2.20. The number of hydrogen-bond acceptors (Lipinski definition) is 22. The Labute approximate surface area is 701 Å². The van der Waals surface area contributed by atoms with Crippen LogP contribution in [-0.2, 0) is 23.7 Å². The second kappa shape index (κ2) is 51.1. The van der Waals surface area contributed by atoms with Crippen molar-refractivity contribution in [3.05, 3.63) is 199 Å². The fourth-order valence-corrected chi connectivity index (χ4v) is 18.4. The largest absolute Gasteiger partial charge is 0.497 e. The highest BCUT2D eigenvalue weighted by atomic mass is 31.1. The Morgan fingerprint density at radius 3 is 1.02 bits per heavy atom. The fraction of sp³-hybridized carbons (Fsp3) is 0.326. The minimum Gasteiger partial charge on any atom is -0.497 e. The number of rotatable bonds is 37. The zero-order valence-corrected chi connectivity index (χ0v) is 76.9. The first-order chi connectivity index (χ1) is 56.4. The van der Waals surface area contributed by atoms with Crippen LogP contribution in [0.15, 0.2) is 182 Å². The summed E-state index contributed by atoms with van der Waals surface area (Å²) < 4.78 is 105. The van der Waals surface area contributed by atoms with Gasteiger partial charge in [-0.25, -0.2) is 4.39 Å². The maximum atomic E-state index is 13.6. The molecule has 10 aromatic rings. The second-order valence-corrected chi connectivity index (χ2v) is 33.1. The quantitative estimate of drug-likeness (QED) is 0.0265. The van der Waals surface area contributed by atoms with Crippen LogP contribution in [0.1, 0.15) is 11.1 Å². The van der Waals surface area contributed by atoms with E-state index in [4.69, 9.17) is 80.5 Å². The third-order valence-corrected chi connectivity index (χ3v) is 24.0. The van der Waals surface area contributed by atoms with Crippen molar-refractivity contribution >= 4 is 124 Å². The number of anilines is 5. The Bertz CT molecular complexity index is 4670. The van der Waals surface area contributed by atoms with E-state index in [2.05, 4.69) is 155 Å². The molecule has 5 unspecified atom stereocenters. The van der Waals surface area contributed by atoms with Gasteiger partial charge >= 0.3 is 0 Å². The van der Waals surface area contributed by atoms with Gasteiger partial charge in [0, 0.05) is 200 Å². The Hall–Kier alpha value is -9.32. The zero-order chi connectivity index (χ0) is 85.5. The molecule has 632 valence electrons. The molecule has 0 aliphatic carbocycles. The van der Waals surface area contributed by atoms with E-state index in [-0.39, 0.29) is 48.4 Å². The molecule has 10 aromatic carbocycles. The third kappa shape index (κ3) is 29.6. The predicted molar refractivity (Wildman–Crippen MR) is 492 cm³/mol. The highest BCUT2D eigenvalue weighted by Crippen LogP contribution is 2.39. The summed E-state index contributed by atoms with van der Waals surface area (Å²) in [7, 11) is 41.7. The van der Waals surface area contributed by atoms with Crippen LogP contribution in [0.25, 0.3) is 0 Å². The molecule has 117 heavy (non-hydrogen) atoms. The highest BCUT2D eigenvalue weighted by molar-refractivity contribution is 7.57. The molecule has 0 aromatic heterocycles. The first-order valence-electron chi connectivity index (χ1n) is 36.9. The fourth-order valence-electron chi connectivity index (χ4n) is 11.4. The van der Waals surface area contributed by atoms with Gasteiger partial charge in [-0.2, -0.15) is 0 Å². The molecule has 0 amide bonds. The molecular weight excluding hydrogens is 1580 g/mol. The van der Waals surface area contributed by atoms with E-state index in [1.165, 1.54) is 67.2 Å². The van der Waals surface area contributed by atoms with Crippen LogP contribution in [-0.4, -0.2) is 190 Å². The summed E-state index contributed by atoms with van der Waals surface area (Å²) in [6.07, 6.45) is 0. The minimum absolute atomic E-state index is 0.101. The number of hydrogen-bond donors (Lipinski definition) is 0. The van der Waals surface area contributed by atoms with Gasteiger partial charge in [-0.3, -0.25) is 0 Å². The van der Waals surface area contributed by atoms with Gasteiger partial charge in [0.2, 0.25) is 0 Å². The normalized spacial score (nSPS) is 10.9. The average molecular weight is 1700 g/mol. The van der Waals surface area contributed by atoms with E-state index in [1.54, 1.807) is 97.5 Å². The lowest BCUT2D eigenvalue weighted by molar-refractivity contribution is 0.0498. The van der Waals surface area contributed by atoms with Crippen molar-refractivity contribution in [2.45, 2.75) is 13.8 Å². The first kappa shape index (κ1) is 96.5. The lowest BCUT2D eigenvalue weighted by Gasteiger charge is -2.21. The molecule has 0 heterocycles.